The van der Waals surface area contributed by atoms with Gasteiger partial charge in [-0.3, -0.25) is 9.59 Å². The number of amides is 2. The summed E-state index contributed by atoms with van der Waals surface area (Å²) in [5.74, 6) is -0.372. The Morgan fingerprint density at radius 2 is 2.21 bits per heavy atom. The minimum Gasteiger partial charge on any atom is -0.355 e. The van der Waals surface area contributed by atoms with Gasteiger partial charge in [-0.1, -0.05) is 24.6 Å². The molecule has 2 rings (SSSR count). The van der Waals surface area contributed by atoms with E-state index >= 15 is 0 Å². The van der Waals surface area contributed by atoms with E-state index in [1.807, 2.05) is 32.0 Å². The molecule has 1 aromatic rings. The van der Waals surface area contributed by atoms with Crippen molar-refractivity contribution < 1.29 is 9.59 Å². The van der Waals surface area contributed by atoms with Gasteiger partial charge in [0.25, 0.3) is 0 Å². The Hall–Kier alpha value is -1.88. The van der Waals surface area contributed by atoms with Crippen molar-refractivity contribution in [3.8, 4) is 0 Å². The van der Waals surface area contributed by atoms with Crippen molar-refractivity contribution in [2.24, 2.45) is 5.73 Å². The van der Waals surface area contributed by atoms with Crippen LogP contribution in [0.25, 0.3) is 0 Å². The molecule has 1 unspecified atom stereocenters. The van der Waals surface area contributed by atoms with Crippen LogP contribution in [0.2, 0.25) is 0 Å². The Kier molecular flexibility index (Phi) is 3.85. The number of nitrogens with zero attached hydrogens (tertiary/aromatic N) is 1. The third kappa shape index (κ3) is 2.61. The largest absolute Gasteiger partial charge is 0.355 e. The lowest BCUT2D eigenvalue weighted by atomic mass is 10.1. The van der Waals surface area contributed by atoms with E-state index in [-0.39, 0.29) is 18.4 Å². The third-order valence-electron chi connectivity index (χ3n) is 3.21. The fourth-order valence-corrected chi connectivity index (χ4v) is 2.22. The molecule has 5 nitrogen and oxygen atoms in total. The van der Waals surface area contributed by atoms with Crippen LogP contribution in [0.5, 0.6) is 0 Å². The molecule has 0 spiro atoms. The number of benzene rings is 1. The van der Waals surface area contributed by atoms with Gasteiger partial charge in [0, 0.05) is 17.8 Å². The van der Waals surface area contributed by atoms with E-state index in [1.54, 1.807) is 0 Å². The third-order valence-corrected chi connectivity index (χ3v) is 3.21. The van der Waals surface area contributed by atoms with Gasteiger partial charge < -0.3 is 16.0 Å². The molecule has 0 bridgehead atoms. The van der Waals surface area contributed by atoms with E-state index in [0.717, 1.165) is 23.2 Å². The highest BCUT2D eigenvalue weighted by molar-refractivity contribution is 6.07. The van der Waals surface area contributed by atoms with Gasteiger partial charge in [-0.05, 0) is 19.4 Å². The monoisotopic (exact) mass is 261 g/mol. The molecule has 0 aliphatic carbocycles. The lowest BCUT2D eigenvalue weighted by molar-refractivity contribution is -0.124. The highest BCUT2D eigenvalue weighted by Gasteiger charge is 2.35. The minimum absolute atomic E-state index is 0.0304. The molecule has 0 saturated carbocycles. The maximum absolute atomic E-state index is 12.1. The second-order valence-electron chi connectivity index (χ2n) is 4.81. The van der Waals surface area contributed by atoms with Crippen molar-refractivity contribution in [2.45, 2.75) is 26.3 Å². The summed E-state index contributed by atoms with van der Waals surface area (Å²) in [4.78, 5) is 25.3. The number of fused-ring (bicyclic) bond motifs is 1. The van der Waals surface area contributed by atoms with Gasteiger partial charge in [0.15, 0.2) is 0 Å². The van der Waals surface area contributed by atoms with Gasteiger partial charge in [-0.2, -0.15) is 0 Å². The number of aryl methyl sites for hydroxylation is 1. The summed E-state index contributed by atoms with van der Waals surface area (Å²) in [7, 11) is 0. The summed E-state index contributed by atoms with van der Waals surface area (Å²) >= 11 is 0. The first-order valence-corrected chi connectivity index (χ1v) is 6.48. The van der Waals surface area contributed by atoms with E-state index < -0.39 is 6.04 Å². The summed E-state index contributed by atoms with van der Waals surface area (Å²) in [5, 5.41) is 2.76. The zero-order valence-electron chi connectivity index (χ0n) is 11.3. The van der Waals surface area contributed by atoms with E-state index in [0.29, 0.717) is 6.54 Å². The molecule has 1 atom stereocenters. The van der Waals surface area contributed by atoms with Crippen LogP contribution in [-0.2, 0) is 9.59 Å². The number of nitrogens with one attached hydrogen (secondary N) is 1. The van der Waals surface area contributed by atoms with Crippen molar-refractivity contribution >= 4 is 17.5 Å². The topological polar surface area (TPSA) is 75.4 Å². The molecule has 0 radical (unpaired) electrons. The van der Waals surface area contributed by atoms with Crippen molar-refractivity contribution in [2.75, 3.05) is 18.0 Å². The lowest BCUT2D eigenvalue weighted by Gasteiger charge is -2.17. The molecular formula is C14H19N3O2. The maximum Gasteiger partial charge on any atom is 0.249 e. The average molecular weight is 261 g/mol. The summed E-state index contributed by atoms with van der Waals surface area (Å²) < 4.78 is 0. The Morgan fingerprint density at radius 3 is 2.89 bits per heavy atom. The predicted octanol–water partition coefficient (Wildman–Crippen LogP) is 0.868. The first-order chi connectivity index (χ1) is 9.04. The molecule has 1 aliphatic rings. The number of hydrogen-bond donors (Lipinski definition) is 2. The first-order valence-electron chi connectivity index (χ1n) is 6.48. The van der Waals surface area contributed by atoms with Crippen LogP contribution in [0.4, 0.5) is 5.69 Å². The zero-order chi connectivity index (χ0) is 14.0. The Labute approximate surface area is 112 Å². The summed E-state index contributed by atoms with van der Waals surface area (Å²) in [5.41, 5.74) is 8.50. The molecule has 5 heteroatoms. The summed E-state index contributed by atoms with van der Waals surface area (Å²) in [6.45, 7) is 4.58. The van der Waals surface area contributed by atoms with Crippen molar-refractivity contribution in [1.29, 1.82) is 0 Å². The molecule has 2 amide bonds. The van der Waals surface area contributed by atoms with Crippen molar-refractivity contribution in [1.82, 2.24) is 5.32 Å². The quantitative estimate of drug-likeness (QED) is 0.844. The summed E-state index contributed by atoms with van der Waals surface area (Å²) in [6.07, 6.45) is 0.870. The van der Waals surface area contributed by atoms with Crippen LogP contribution in [0.15, 0.2) is 18.2 Å². The van der Waals surface area contributed by atoms with Crippen LogP contribution in [0, 0.1) is 6.92 Å². The van der Waals surface area contributed by atoms with Crippen LogP contribution in [0.3, 0.4) is 0 Å². The zero-order valence-corrected chi connectivity index (χ0v) is 11.3. The van der Waals surface area contributed by atoms with Gasteiger partial charge in [-0.15, -0.1) is 0 Å². The van der Waals surface area contributed by atoms with Gasteiger partial charge in [-0.25, -0.2) is 0 Å². The SMILES string of the molecule is CCCNC(=O)CN1C(=O)C(N)c2cc(C)ccc21. The number of carbonyl (C=O) groups excluding carboxylic acids is 2. The lowest BCUT2D eigenvalue weighted by Crippen LogP contribution is -2.40. The fourth-order valence-electron chi connectivity index (χ4n) is 2.22. The molecule has 102 valence electrons. The van der Waals surface area contributed by atoms with Gasteiger partial charge in [0.2, 0.25) is 11.8 Å². The van der Waals surface area contributed by atoms with Crippen LogP contribution >= 0.6 is 0 Å². The molecule has 1 heterocycles. The molecular weight excluding hydrogens is 242 g/mol. The molecule has 0 aromatic heterocycles. The van der Waals surface area contributed by atoms with E-state index in [2.05, 4.69) is 5.32 Å². The number of carbonyl (C=O) groups is 2. The normalized spacial score (nSPS) is 17.5. The first kappa shape index (κ1) is 13.5. The van der Waals surface area contributed by atoms with Crippen LogP contribution in [0.1, 0.15) is 30.5 Å². The highest BCUT2D eigenvalue weighted by Crippen LogP contribution is 2.34. The van der Waals surface area contributed by atoms with Crippen LogP contribution in [-0.4, -0.2) is 24.9 Å². The second kappa shape index (κ2) is 5.40. The van der Waals surface area contributed by atoms with Crippen molar-refractivity contribution in [3.63, 3.8) is 0 Å². The number of nitrogens with two attached hydrogens (primary N) is 1. The maximum atomic E-state index is 12.1. The van der Waals surface area contributed by atoms with Gasteiger partial charge in [0.05, 0.1) is 0 Å². The Morgan fingerprint density at radius 1 is 1.47 bits per heavy atom. The number of anilines is 1. The number of rotatable bonds is 4. The molecule has 0 fully saturated rings. The second-order valence-corrected chi connectivity index (χ2v) is 4.81. The molecule has 1 aliphatic heterocycles. The Bertz CT molecular complexity index is 513. The van der Waals surface area contributed by atoms with Gasteiger partial charge in [0.1, 0.15) is 12.6 Å². The smallest absolute Gasteiger partial charge is 0.249 e. The standard InChI is InChI=1S/C14H19N3O2/c1-3-6-16-12(18)8-17-11-5-4-9(2)7-10(11)13(15)14(17)19/h4-5,7,13H,3,6,8,15H2,1-2H3,(H,16,18). The van der Waals surface area contributed by atoms with Crippen molar-refractivity contribution in [3.05, 3.63) is 29.3 Å². The van der Waals surface area contributed by atoms with E-state index in [9.17, 15) is 9.59 Å². The molecule has 0 saturated heterocycles. The Balaban J connectivity index is 2.19. The highest BCUT2D eigenvalue weighted by atomic mass is 16.2. The van der Waals surface area contributed by atoms with E-state index in [1.165, 1.54) is 4.90 Å². The van der Waals surface area contributed by atoms with E-state index in [4.69, 9.17) is 5.73 Å². The molecule has 3 N–H and O–H groups in total. The average Bonchev–Trinajstić information content (AvgIpc) is 2.61. The fraction of sp³-hybridized carbons (Fsp3) is 0.429. The minimum atomic E-state index is -0.658. The molecule has 1 aromatic carbocycles. The molecule has 19 heavy (non-hydrogen) atoms. The number of hydrogen-bond acceptors (Lipinski definition) is 3. The van der Waals surface area contributed by atoms with Gasteiger partial charge >= 0.3 is 0 Å². The summed E-state index contributed by atoms with van der Waals surface area (Å²) in [6, 6.07) is 5.01. The predicted molar refractivity (Wildman–Crippen MR) is 73.8 cm³/mol. The van der Waals surface area contributed by atoms with Crippen LogP contribution < -0.4 is 16.0 Å².